The molecule has 260 valence electrons. The molecule has 0 saturated carbocycles. The topological polar surface area (TPSA) is 87.6 Å². The predicted octanol–water partition coefficient (Wildman–Crippen LogP) is 9.00. The Morgan fingerprint density at radius 3 is 2.06 bits per heavy atom. The van der Waals surface area contributed by atoms with Crippen molar-refractivity contribution in [3.63, 3.8) is 0 Å². The van der Waals surface area contributed by atoms with Crippen LogP contribution in [0.3, 0.4) is 0 Å². The van der Waals surface area contributed by atoms with Crippen LogP contribution < -0.4 is 9.17 Å². The maximum atomic E-state index is 14.8. The van der Waals surface area contributed by atoms with Gasteiger partial charge in [0.2, 0.25) is 0 Å². The summed E-state index contributed by atoms with van der Waals surface area (Å²) in [4.78, 5) is 12.3. The number of alkyl halides is 9. The smallest absolute Gasteiger partial charge is 0.341 e. The summed E-state index contributed by atoms with van der Waals surface area (Å²) < 4.78 is 151. The van der Waals surface area contributed by atoms with E-state index in [1.165, 1.54) is 36.4 Å². The predicted molar refractivity (Wildman–Crippen MR) is 168 cm³/mol. The van der Waals surface area contributed by atoms with Gasteiger partial charge in [-0.05, 0) is 58.8 Å². The summed E-state index contributed by atoms with van der Waals surface area (Å²) in [6, 6.07) is 22.7. The fourth-order valence-electron chi connectivity index (χ4n) is 5.01. The zero-order chi connectivity index (χ0) is 36.8. The molecule has 0 bridgehead atoms. The summed E-state index contributed by atoms with van der Waals surface area (Å²) in [5.41, 5.74) is 7.00. The molecule has 0 aliphatic heterocycles. The van der Waals surface area contributed by atoms with Gasteiger partial charge >= 0.3 is 39.2 Å². The van der Waals surface area contributed by atoms with Gasteiger partial charge in [0.1, 0.15) is 5.57 Å². The van der Waals surface area contributed by atoms with Gasteiger partial charge in [0.15, 0.2) is 5.75 Å². The molecule has 6 nitrogen and oxygen atoms in total. The highest BCUT2D eigenvalue weighted by Gasteiger charge is 2.88. The maximum absolute atomic E-state index is 14.8. The number of aromatic nitrogens is 3. The molecule has 1 heterocycles. The summed E-state index contributed by atoms with van der Waals surface area (Å²) in [5.74, 6) is -15.0. The zero-order valence-corrected chi connectivity index (χ0v) is 26.2. The molecule has 1 aliphatic rings. The lowest BCUT2D eigenvalue weighted by molar-refractivity contribution is -0.382. The fourth-order valence-corrected chi connectivity index (χ4v) is 5.95. The van der Waals surface area contributed by atoms with E-state index in [1.807, 2.05) is 0 Å². The molecule has 1 aromatic heterocycles. The van der Waals surface area contributed by atoms with E-state index in [9.17, 15) is 47.9 Å². The Morgan fingerprint density at radius 2 is 1.37 bits per heavy atom. The van der Waals surface area contributed by atoms with Crippen molar-refractivity contribution in [1.82, 2.24) is 9.97 Å². The van der Waals surface area contributed by atoms with E-state index in [0.717, 1.165) is 6.07 Å². The van der Waals surface area contributed by atoms with Crippen molar-refractivity contribution in [3.8, 4) is 39.7 Å². The SMILES string of the molecule is O=S(=[OH+])(Oc1ccc2ccccc2c1-c1cccc(-c2nc(-c3ccccc3)nc(C3=C=C=CC=C3)[nH+]2)c1)C(F)(F)C(F)(F)C(F)(F)C(F)(F)F. The quantitative estimate of drug-likeness (QED) is 0.0655. The number of H-pyrrole nitrogens is 1. The number of halogens is 9. The molecular weight excluding hydrogens is 713 g/mol. The molecule has 0 fully saturated rings. The standard InChI is InChI=1S/C35H18F9N3O3S/c36-32(37,34(40,41)42)33(38,39)35(43,44)51(48,49)50-27-19-18-21-10-7-8-17-26(21)28(27)24-15-9-16-25(20-24)31-46-29(22-11-3-1-4-12-22)45-30(47-31)23-13-5-2-6-14-23/h1-5,7-13,15-20H/p+2. The van der Waals surface area contributed by atoms with Crippen LogP contribution in [-0.2, 0) is 10.1 Å². The van der Waals surface area contributed by atoms with Gasteiger partial charge in [-0.3, -0.25) is 0 Å². The lowest BCUT2D eigenvalue weighted by Crippen LogP contribution is -2.63. The monoisotopic (exact) mass is 733 g/mol. The van der Waals surface area contributed by atoms with Gasteiger partial charge in [-0.2, -0.15) is 43.7 Å². The number of hydrogen-bond donors (Lipinski definition) is 0. The zero-order valence-electron chi connectivity index (χ0n) is 25.4. The van der Waals surface area contributed by atoms with Gasteiger partial charge in [0.05, 0.1) is 11.1 Å². The molecule has 16 heteroatoms. The number of nitrogens with one attached hydrogen (secondary N) is 1. The molecular formula is C35H20F9N3O3S+2. The summed E-state index contributed by atoms with van der Waals surface area (Å²) in [7, 11) is -6.99. The van der Waals surface area contributed by atoms with Crippen LogP contribution in [0, 0.1) is 0 Å². The Labute approximate surface area is 282 Å². The van der Waals surface area contributed by atoms with Gasteiger partial charge in [-0.15, -0.1) is 4.21 Å². The molecule has 51 heavy (non-hydrogen) atoms. The second-order valence-electron chi connectivity index (χ2n) is 10.9. The minimum Gasteiger partial charge on any atom is -0.341 e. The fraction of sp³-hybridized carbons (Fsp3) is 0.114. The van der Waals surface area contributed by atoms with Crippen molar-refractivity contribution < 1.29 is 57.1 Å². The Kier molecular flexibility index (Phi) is 8.66. The number of rotatable bonds is 9. The number of fused-ring (bicyclic) bond motifs is 1. The normalized spacial score (nSPS) is 14.7. The highest BCUT2D eigenvalue weighted by molar-refractivity contribution is 7.88. The van der Waals surface area contributed by atoms with E-state index < -0.39 is 39.1 Å². The molecule has 1 aliphatic carbocycles. The molecule has 0 radical (unpaired) electrons. The van der Waals surface area contributed by atoms with Crippen LogP contribution in [-0.4, -0.2) is 41.7 Å². The second kappa shape index (κ2) is 12.6. The van der Waals surface area contributed by atoms with Crippen LogP contribution in [0.15, 0.2) is 121 Å². The van der Waals surface area contributed by atoms with Crippen molar-refractivity contribution in [1.29, 1.82) is 0 Å². The van der Waals surface area contributed by atoms with Crippen LogP contribution in [0.1, 0.15) is 5.82 Å². The Morgan fingerprint density at radius 1 is 0.725 bits per heavy atom. The number of allylic oxidation sites excluding steroid dienone is 4. The first kappa shape index (κ1) is 35.1. The highest BCUT2D eigenvalue weighted by Crippen LogP contribution is 2.55. The van der Waals surface area contributed by atoms with Crippen LogP contribution in [0.5, 0.6) is 5.75 Å². The lowest BCUT2D eigenvalue weighted by atomic mass is 9.96. The third kappa shape index (κ3) is 6.18. The van der Waals surface area contributed by atoms with E-state index in [1.54, 1.807) is 66.8 Å². The van der Waals surface area contributed by atoms with E-state index in [4.69, 9.17) is 0 Å². The van der Waals surface area contributed by atoms with E-state index in [-0.39, 0.29) is 28.2 Å². The molecule has 0 saturated heterocycles. The third-order valence-corrected chi connectivity index (χ3v) is 8.88. The summed E-state index contributed by atoms with van der Waals surface area (Å²) in [6.07, 6.45) is -2.17. The molecule has 0 spiro atoms. The molecule has 0 amide bonds. The second-order valence-corrected chi connectivity index (χ2v) is 12.5. The third-order valence-electron chi connectivity index (χ3n) is 7.57. The average molecular weight is 734 g/mol. The minimum absolute atomic E-state index is 0.0552. The molecule has 1 atom stereocenters. The van der Waals surface area contributed by atoms with Crippen molar-refractivity contribution in [2.45, 2.75) is 23.3 Å². The molecule has 2 N–H and O–H groups in total. The number of benzene rings is 4. The Hall–Kier alpha value is -5.69. The van der Waals surface area contributed by atoms with E-state index in [2.05, 4.69) is 30.6 Å². The van der Waals surface area contributed by atoms with E-state index in [0.29, 0.717) is 27.9 Å². The summed E-state index contributed by atoms with van der Waals surface area (Å²) in [5, 5.41) is -6.42. The largest absolute Gasteiger partial charge is 0.529 e. The number of nitrogens with zero attached hydrogens (tertiary/aromatic N) is 2. The van der Waals surface area contributed by atoms with Gasteiger partial charge in [-0.1, -0.05) is 88.2 Å². The Balaban J connectivity index is 1.51. The first-order chi connectivity index (χ1) is 23.9. The van der Waals surface area contributed by atoms with Crippen molar-refractivity contribution in [2.24, 2.45) is 0 Å². The van der Waals surface area contributed by atoms with Gasteiger partial charge in [0.25, 0.3) is 11.6 Å². The number of hydrogen-bond acceptors (Lipinski definition) is 4. The minimum atomic E-state index is -7.42. The van der Waals surface area contributed by atoms with Crippen LogP contribution >= 0.6 is 0 Å². The number of aromatic amines is 1. The first-order valence-corrected chi connectivity index (χ1v) is 15.9. The molecule has 5 aromatic rings. The summed E-state index contributed by atoms with van der Waals surface area (Å²) in [6.45, 7) is 0. The first-order valence-electron chi connectivity index (χ1n) is 14.5. The van der Waals surface area contributed by atoms with Gasteiger partial charge in [-0.25, -0.2) is 4.98 Å². The lowest BCUT2D eigenvalue weighted by Gasteiger charge is -2.30. The average Bonchev–Trinajstić information content (AvgIpc) is 3.11. The Bertz CT molecular complexity index is 2420. The van der Waals surface area contributed by atoms with E-state index >= 15 is 0 Å². The summed E-state index contributed by atoms with van der Waals surface area (Å²) >= 11 is 0. The highest BCUT2D eigenvalue weighted by atomic mass is 32.2. The maximum Gasteiger partial charge on any atom is 0.529 e. The van der Waals surface area contributed by atoms with Crippen LogP contribution in [0.4, 0.5) is 39.5 Å². The van der Waals surface area contributed by atoms with Crippen molar-refractivity contribution in [3.05, 3.63) is 127 Å². The molecule has 1 unspecified atom stereocenters. The van der Waals surface area contributed by atoms with Crippen molar-refractivity contribution in [2.75, 3.05) is 0 Å². The van der Waals surface area contributed by atoms with Crippen LogP contribution in [0.25, 0.3) is 50.2 Å². The van der Waals surface area contributed by atoms with Gasteiger partial charge in [0, 0.05) is 5.56 Å². The molecule has 4 aromatic carbocycles. The van der Waals surface area contributed by atoms with Crippen LogP contribution in [0.2, 0.25) is 0 Å². The molecule has 6 rings (SSSR count). The van der Waals surface area contributed by atoms with Gasteiger partial charge < -0.3 is 4.18 Å². The van der Waals surface area contributed by atoms with Crippen molar-refractivity contribution >= 4 is 26.5 Å².